The summed E-state index contributed by atoms with van der Waals surface area (Å²) in [4.78, 5) is 4.33. The van der Waals surface area contributed by atoms with E-state index in [0.29, 0.717) is 5.02 Å². The Hall–Kier alpha value is -0.930. The van der Waals surface area contributed by atoms with Crippen LogP contribution in [0.4, 0.5) is 0 Å². The lowest BCUT2D eigenvalue weighted by molar-refractivity contribution is 1.34. The molecule has 0 saturated heterocycles. The van der Waals surface area contributed by atoms with Gasteiger partial charge in [0.2, 0.25) is 0 Å². The highest BCUT2D eigenvalue weighted by molar-refractivity contribution is 8.04. The Morgan fingerprint density at radius 1 is 1.29 bits per heavy atom. The molecule has 0 spiro atoms. The van der Waals surface area contributed by atoms with Gasteiger partial charge in [0.15, 0.2) is 0 Å². The van der Waals surface area contributed by atoms with Gasteiger partial charge in [-0.25, -0.2) is 4.99 Å². The Balaban J connectivity index is 2.39. The van der Waals surface area contributed by atoms with E-state index in [1.54, 1.807) is 0 Å². The molecule has 2 nitrogen and oxygen atoms in total. The summed E-state index contributed by atoms with van der Waals surface area (Å²) in [5, 5.41) is 3.41. The normalized spacial score (nSPS) is 20.6. The van der Waals surface area contributed by atoms with E-state index in [4.69, 9.17) is 16.4 Å². The summed E-state index contributed by atoms with van der Waals surface area (Å²) in [6.45, 7) is 1.91. The zero-order valence-electron chi connectivity index (χ0n) is 7.62. The van der Waals surface area contributed by atoms with E-state index in [0.717, 1.165) is 16.3 Å². The number of hydrogen-bond acceptors (Lipinski definition) is 2. The molecule has 0 bridgehead atoms. The van der Waals surface area contributed by atoms with Gasteiger partial charge in [-0.05, 0) is 29.7 Å². The van der Waals surface area contributed by atoms with Crippen molar-refractivity contribution in [3.8, 4) is 0 Å². The SMILES string of the molecule is CC1=CS(=N)C(c2ccc(Cl)cc2)=N1. The number of aliphatic imine (C=N–C) groups is 1. The number of nitrogens with one attached hydrogen (secondary N) is 1. The molecule has 72 valence electrons. The Kier molecular flexibility index (Phi) is 2.52. The molecule has 2 rings (SSSR count). The van der Waals surface area contributed by atoms with Crippen molar-refractivity contribution in [2.45, 2.75) is 6.92 Å². The van der Waals surface area contributed by atoms with Crippen molar-refractivity contribution in [3.63, 3.8) is 0 Å². The molecule has 0 aliphatic carbocycles. The first-order chi connectivity index (χ1) is 6.66. The summed E-state index contributed by atoms with van der Waals surface area (Å²) in [6.07, 6.45) is 0. The van der Waals surface area contributed by atoms with Gasteiger partial charge in [0.25, 0.3) is 0 Å². The summed E-state index contributed by atoms with van der Waals surface area (Å²) in [7, 11) is -0.603. The van der Waals surface area contributed by atoms with Crippen molar-refractivity contribution in [1.29, 1.82) is 4.78 Å². The van der Waals surface area contributed by atoms with Gasteiger partial charge >= 0.3 is 0 Å². The molecule has 1 heterocycles. The molecule has 0 saturated carbocycles. The van der Waals surface area contributed by atoms with Crippen molar-refractivity contribution in [1.82, 2.24) is 0 Å². The first kappa shape index (κ1) is 9.62. The van der Waals surface area contributed by atoms with Crippen LogP contribution in [0.25, 0.3) is 0 Å². The molecule has 0 aromatic heterocycles. The fourth-order valence-corrected chi connectivity index (χ4v) is 2.51. The maximum atomic E-state index is 7.80. The average Bonchev–Trinajstić information content (AvgIpc) is 2.47. The van der Waals surface area contributed by atoms with E-state index < -0.39 is 10.7 Å². The molecular weight excluding hydrogens is 216 g/mol. The first-order valence-electron chi connectivity index (χ1n) is 4.14. The van der Waals surface area contributed by atoms with Crippen LogP contribution in [0.5, 0.6) is 0 Å². The van der Waals surface area contributed by atoms with Crippen molar-refractivity contribution < 1.29 is 0 Å². The lowest BCUT2D eigenvalue weighted by Crippen LogP contribution is -2.01. The molecule has 14 heavy (non-hydrogen) atoms. The standard InChI is InChI=1S/C10H9ClN2S/c1-7-6-14(12)10(13-7)8-2-4-9(11)5-3-8/h2-6,12H,1H3. The largest absolute Gasteiger partial charge is 0.270 e. The second-order valence-electron chi connectivity index (χ2n) is 3.02. The van der Waals surface area contributed by atoms with Crippen LogP contribution in [0.2, 0.25) is 5.02 Å². The van der Waals surface area contributed by atoms with Gasteiger partial charge in [0.05, 0.1) is 0 Å². The first-order valence-corrected chi connectivity index (χ1v) is 5.81. The highest BCUT2D eigenvalue weighted by Crippen LogP contribution is 2.18. The highest BCUT2D eigenvalue weighted by atomic mass is 35.5. The van der Waals surface area contributed by atoms with Crippen LogP contribution in [0, 0.1) is 4.78 Å². The maximum Gasteiger partial charge on any atom is 0.118 e. The predicted octanol–water partition coefficient (Wildman–Crippen LogP) is 3.34. The van der Waals surface area contributed by atoms with Crippen LogP contribution in [0.15, 0.2) is 40.4 Å². The fraction of sp³-hybridized carbons (Fsp3) is 0.100. The predicted molar refractivity (Wildman–Crippen MR) is 61.8 cm³/mol. The molecule has 1 atom stereocenters. The van der Waals surface area contributed by atoms with E-state index in [9.17, 15) is 0 Å². The van der Waals surface area contributed by atoms with E-state index in [-0.39, 0.29) is 0 Å². The van der Waals surface area contributed by atoms with E-state index in [1.165, 1.54) is 0 Å². The maximum absolute atomic E-state index is 7.80. The summed E-state index contributed by atoms with van der Waals surface area (Å²) < 4.78 is 7.80. The van der Waals surface area contributed by atoms with Crippen LogP contribution >= 0.6 is 11.6 Å². The van der Waals surface area contributed by atoms with Gasteiger partial charge in [0.1, 0.15) is 5.04 Å². The van der Waals surface area contributed by atoms with Gasteiger partial charge in [-0.15, -0.1) is 0 Å². The Bertz CT molecular complexity index is 446. The van der Waals surface area contributed by atoms with Crippen molar-refractivity contribution in [2.24, 2.45) is 4.99 Å². The van der Waals surface area contributed by atoms with Gasteiger partial charge in [-0.3, -0.25) is 4.78 Å². The summed E-state index contributed by atoms with van der Waals surface area (Å²) in [6, 6.07) is 7.46. The van der Waals surface area contributed by atoms with Gasteiger partial charge < -0.3 is 0 Å². The van der Waals surface area contributed by atoms with Crippen LogP contribution in [0.1, 0.15) is 12.5 Å². The number of rotatable bonds is 1. The zero-order valence-corrected chi connectivity index (χ0v) is 9.19. The Morgan fingerprint density at radius 3 is 2.43 bits per heavy atom. The smallest absolute Gasteiger partial charge is 0.118 e. The third kappa shape index (κ3) is 1.79. The van der Waals surface area contributed by atoms with Gasteiger partial charge in [-0.1, -0.05) is 23.7 Å². The molecule has 1 aromatic carbocycles. The van der Waals surface area contributed by atoms with E-state index >= 15 is 0 Å². The molecule has 4 heteroatoms. The molecular formula is C10H9ClN2S. The zero-order chi connectivity index (χ0) is 10.1. The third-order valence-corrected chi connectivity index (χ3v) is 3.44. The topological polar surface area (TPSA) is 36.2 Å². The molecule has 1 aliphatic heterocycles. The number of allylic oxidation sites excluding steroid dienone is 1. The quantitative estimate of drug-likeness (QED) is 0.760. The Morgan fingerprint density at radius 2 is 1.93 bits per heavy atom. The third-order valence-electron chi connectivity index (χ3n) is 1.87. The molecule has 0 amide bonds. The minimum absolute atomic E-state index is 0.603. The summed E-state index contributed by atoms with van der Waals surface area (Å²) in [5.41, 5.74) is 1.91. The van der Waals surface area contributed by atoms with Crippen LogP contribution in [-0.4, -0.2) is 5.04 Å². The molecule has 1 N–H and O–H groups in total. The molecule has 0 fully saturated rings. The van der Waals surface area contributed by atoms with Crippen molar-refractivity contribution >= 4 is 27.3 Å². The van der Waals surface area contributed by atoms with Crippen LogP contribution in [0.3, 0.4) is 0 Å². The minimum Gasteiger partial charge on any atom is -0.270 e. The number of benzene rings is 1. The second kappa shape index (κ2) is 3.67. The molecule has 1 unspecified atom stereocenters. The number of nitrogens with zero attached hydrogens (tertiary/aromatic N) is 1. The lowest BCUT2D eigenvalue weighted by Gasteiger charge is -2.00. The lowest BCUT2D eigenvalue weighted by atomic mass is 10.2. The Labute approximate surface area is 90.2 Å². The van der Waals surface area contributed by atoms with Crippen LogP contribution < -0.4 is 0 Å². The summed E-state index contributed by atoms with van der Waals surface area (Å²) in [5.74, 6) is 0. The van der Waals surface area contributed by atoms with Gasteiger partial charge in [0, 0.05) is 21.7 Å². The summed E-state index contributed by atoms with van der Waals surface area (Å²) >= 11 is 5.79. The van der Waals surface area contributed by atoms with Crippen LogP contribution in [-0.2, 0) is 10.7 Å². The number of hydrogen-bond donors (Lipinski definition) is 1. The van der Waals surface area contributed by atoms with E-state index in [1.807, 2.05) is 36.6 Å². The highest BCUT2D eigenvalue weighted by Gasteiger charge is 2.12. The number of halogens is 1. The van der Waals surface area contributed by atoms with Crippen molar-refractivity contribution in [3.05, 3.63) is 46.0 Å². The molecule has 1 aromatic rings. The second-order valence-corrected chi connectivity index (χ2v) is 4.76. The fourth-order valence-electron chi connectivity index (χ4n) is 1.25. The molecule has 1 aliphatic rings. The van der Waals surface area contributed by atoms with E-state index in [2.05, 4.69) is 4.99 Å². The average molecular weight is 225 g/mol. The molecule has 0 radical (unpaired) electrons. The van der Waals surface area contributed by atoms with Gasteiger partial charge in [-0.2, -0.15) is 0 Å². The minimum atomic E-state index is -0.603. The monoisotopic (exact) mass is 224 g/mol. The van der Waals surface area contributed by atoms with Crippen molar-refractivity contribution in [2.75, 3.05) is 0 Å².